The van der Waals surface area contributed by atoms with E-state index >= 15 is 0 Å². The third-order valence-corrected chi connectivity index (χ3v) is 4.10. The zero-order valence-corrected chi connectivity index (χ0v) is 10.0. The van der Waals surface area contributed by atoms with Crippen molar-refractivity contribution in [1.29, 1.82) is 0 Å². The molecule has 1 N–H and O–H groups in total. The molecular formula is C13H23NO2. The summed E-state index contributed by atoms with van der Waals surface area (Å²) in [5.41, 5.74) is 0. The molecule has 0 aromatic carbocycles. The minimum absolute atomic E-state index is 0.251. The lowest BCUT2D eigenvalue weighted by Crippen LogP contribution is -2.41. The number of aliphatic hydroxyl groups is 1. The highest BCUT2D eigenvalue weighted by Gasteiger charge is 2.29. The van der Waals surface area contributed by atoms with Crippen LogP contribution in [0.5, 0.6) is 0 Å². The van der Waals surface area contributed by atoms with Gasteiger partial charge in [0.15, 0.2) is 0 Å². The highest BCUT2D eigenvalue weighted by molar-refractivity contribution is 5.83. The van der Waals surface area contributed by atoms with Crippen LogP contribution in [0.2, 0.25) is 0 Å². The Morgan fingerprint density at radius 2 is 2.06 bits per heavy atom. The van der Waals surface area contributed by atoms with Crippen molar-refractivity contribution in [3.63, 3.8) is 0 Å². The minimum Gasteiger partial charge on any atom is -0.395 e. The summed E-state index contributed by atoms with van der Waals surface area (Å²) in [5, 5.41) is 9.40. The Balaban J connectivity index is 1.91. The molecule has 3 heteroatoms. The summed E-state index contributed by atoms with van der Waals surface area (Å²) in [6.45, 7) is 2.21. The van der Waals surface area contributed by atoms with Gasteiger partial charge in [-0.3, -0.25) is 9.69 Å². The standard InChI is InChI=1S/C13H23NO2/c15-10-12-6-2-1-3-8-14(12)9-11-5-4-7-13(11)16/h11-12,15H,1-10H2. The summed E-state index contributed by atoms with van der Waals surface area (Å²) >= 11 is 0. The molecule has 0 bridgehead atoms. The minimum atomic E-state index is 0.251. The van der Waals surface area contributed by atoms with Gasteiger partial charge in [0.25, 0.3) is 0 Å². The van der Waals surface area contributed by atoms with E-state index in [1.165, 1.54) is 19.3 Å². The van der Waals surface area contributed by atoms with Crippen LogP contribution in [0.25, 0.3) is 0 Å². The number of Topliss-reactive ketones (excluding diaryl/α,β-unsaturated/α-hetero) is 1. The van der Waals surface area contributed by atoms with Gasteiger partial charge in [-0.2, -0.15) is 0 Å². The van der Waals surface area contributed by atoms with Crippen LogP contribution >= 0.6 is 0 Å². The average Bonchev–Trinajstić information content (AvgIpc) is 2.56. The van der Waals surface area contributed by atoms with Crippen LogP contribution in [0.1, 0.15) is 44.9 Å². The fourth-order valence-corrected chi connectivity index (χ4v) is 3.05. The normalized spacial score (nSPS) is 32.9. The van der Waals surface area contributed by atoms with Crippen LogP contribution in [0, 0.1) is 5.92 Å². The van der Waals surface area contributed by atoms with Gasteiger partial charge < -0.3 is 5.11 Å². The van der Waals surface area contributed by atoms with E-state index in [9.17, 15) is 9.90 Å². The Kier molecular flexibility index (Phi) is 4.36. The van der Waals surface area contributed by atoms with Crippen LogP contribution in [0.4, 0.5) is 0 Å². The summed E-state index contributed by atoms with van der Waals surface area (Å²) in [6.07, 6.45) is 7.72. The third-order valence-electron chi connectivity index (χ3n) is 4.10. The van der Waals surface area contributed by atoms with Gasteiger partial charge in [0.2, 0.25) is 0 Å². The first-order valence-electron chi connectivity index (χ1n) is 6.69. The monoisotopic (exact) mass is 225 g/mol. The first-order chi connectivity index (χ1) is 7.81. The summed E-state index contributed by atoms with van der Waals surface area (Å²) in [7, 11) is 0. The second-order valence-corrected chi connectivity index (χ2v) is 5.24. The number of hydrogen-bond donors (Lipinski definition) is 1. The molecule has 2 unspecified atom stereocenters. The fraction of sp³-hybridized carbons (Fsp3) is 0.923. The highest BCUT2D eigenvalue weighted by Crippen LogP contribution is 2.25. The molecule has 3 nitrogen and oxygen atoms in total. The maximum Gasteiger partial charge on any atom is 0.137 e. The number of carbonyl (C=O) groups is 1. The van der Waals surface area contributed by atoms with Gasteiger partial charge in [-0.05, 0) is 32.2 Å². The number of carbonyl (C=O) groups excluding carboxylic acids is 1. The predicted octanol–water partition coefficient (Wildman–Crippen LogP) is 1.59. The van der Waals surface area contributed by atoms with E-state index in [1.807, 2.05) is 0 Å². The lowest BCUT2D eigenvalue weighted by atomic mass is 10.0. The highest BCUT2D eigenvalue weighted by atomic mass is 16.3. The first-order valence-corrected chi connectivity index (χ1v) is 6.69. The van der Waals surface area contributed by atoms with Crippen molar-refractivity contribution in [2.75, 3.05) is 19.7 Å². The van der Waals surface area contributed by atoms with E-state index in [0.29, 0.717) is 11.8 Å². The van der Waals surface area contributed by atoms with Crippen molar-refractivity contribution in [3.8, 4) is 0 Å². The SMILES string of the molecule is O=C1CCCC1CN1CCCCCC1CO. The molecule has 0 spiro atoms. The van der Waals surface area contributed by atoms with Crippen LogP contribution in [-0.2, 0) is 4.79 Å². The molecule has 2 rings (SSSR count). The molecule has 92 valence electrons. The number of ketones is 1. The van der Waals surface area contributed by atoms with Gasteiger partial charge in [0, 0.05) is 24.9 Å². The molecule has 16 heavy (non-hydrogen) atoms. The average molecular weight is 225 g/mol. The molecule has 0 aromatic rings. The van der Waals surface area contributed by atoms with Crippen molar-refractivity contribution in [2.24, 2.45) is 5.92 Å². The summed E-state index contributed by atoms with van der Waals surface area (Å²) < 4.78 is 0. The molecule has 2 aliphatic rings. The summed E-state index contributed by atoms with van der Waals surface area (Å²) in [5.74, 6) is 0.702. The van der Waals surface area contributed by atoms with E-state index in [0.717, 1.165) is 38.8 Å². The molecule has 1 saturated carbocycles. The van der Waals surface area contributed by atoms with Crippen molar-refractivity contribution in [2.45, 2.75) is 51.0 Å². The van der Waals surface area contributed by atoms with Gasteiger partial charge in [-0.25, -0.2) is 0 Å². The zero-order valence-electron chi connectivity index (χ0n) is 10.0. The van der Waals surface area contributed by atoms with Crippen molar-refractivity contribution in [1.82, 2.24) is 4.90 Å². The number of nitrogens with zero attached hydrogens (tertiary/aromatic N) is 1. The van der Waals surface area contributed by atoms with Crippen molar-refractivity contribution >= 4 is 5.78 Å². The van der Waals surface area contributed by atoms with E-state index in [4.69, 9.17) is 0 Å². The Morgan fingerprint density at radius 3 is 2.75 bits per heavy atom. The fourth-order valence-electron chi connectivity index (χ4n) is 3.05. The van der Waals surface area contributed by atoms with Crippen LogP contribution < -0.4 is 0 Å². The van der Waals surface area contributed by atoms with E-state index in [-0.39, 0.29) is 12.5 Å². The Bertz CT molecular complexity index is 242. The molecular weight excluding hydrogens is 202 g/mol. The molecule has 1 heterocycles. The van der Waals surface area contributed by atoms with Gasteiger partial charge >= 0.3 is 0 Å². The third kappa shape index (κ3) is 2.83. The molecule has 0 aromatic heterocycles. The maximum atomic E-state index is 11.6. The molecule has 1 aliphatic heterocycles. The van der Waals surface area contributed by atoms with Crippen LogP contribution in [0.3, 0.4) is 0 Å². The van der Waals surface area contributed by atoms with E-state index < -0.39 is 0 Å². The quantitative estimate of drug-likeness (QED) is 0.793. The topological polar surface area (TPSA) is 40.5 Å². The molecule has 0 amide bonds. The van der Waals surface area contributed by atoms with Gasteiger partial charge in [-0.1, -0.05) is 12.8 Å². The molecule has 1 aliphatic carbocycles. The van der Waals surface area contributed by atoms with E-state index in [2.05, 4.69) is 4.90 Å². The van der Waals surface area contributed by atoms with Gasteiger partial charge in [-0.15, -0.1) is 0 Å². The number of rotatable bonds is 3. The molecule has 1 saturated heterocycles. The van der Waals surface area contributed by atoms with Gasteiger partial charge in [0.1, 0.15) is 5.78 Å². The molecule has 0 radical (unpaired) electrons. The van der Waals surface area contributed by atoms with Crippen molar-refractivity contribution < 1.29 is 9.90 Å². The Hall–Kier alpha value is -0.410. The van der Waals surface area contributed by atoms with Crippen LogP contribution in [0.15, 0.2) is 0 Å². The molecule has 2 fully saturated rings. The lowest BCUT2D eigenvalue weighted by molar-refractivity contribution is -0.121. The number of aliphatic hydroxyl groups excluding tert-OH is 1. The second-order valence-electron chi connectivity index (χ2n) is 5.24. The largest absolute Gasteiger partial charge is 0.395 e. The van der Waals surface area contributed by atoms with Crippen LogP contribution in [-0.4, -0.2) is 41.5 Å². The lowest BCUT2D eigenvalue weighted by Gasteiger charge is -2.30. The summed E-state index contributed by atoms with van der Waals surface area (Å²) in [6, 6.07) is 0.302. The predicted molar refractivity (Wildman–Crippen MR) is 63.3 cm³/mol. The van der Waals surface area contributed by atoms with Gasteiger partial charge in [0.05, 0.1) is 6.61 Å². The Morgan fingerprint density at radius 1 is 1.19 bits per heavy atom. The smallest absolute Gasteiger partial charge is 0.137 e. The van der Waals surface area contributed by atoms with E-state index in [1.54, 1.807) is 0 Å². The zero-order chi connectivity index (χ0) is 11.4. The number of hydrogen-bond acceptors (Lipinski definition) is 3. The summed E-state index contributed by atoms with van der Waals surface area (Å²) in [4.78, 5) is 14.0. The second kappa shape index (κ2) is 5.78. The van der Waals surface area contributed by atoms with Crippen molar-refractivity contribution in [3.05, 3.63) is 0 Å². The Labute approximate surface area is 97.8 Å². The molecule has 2 atom stereocenters. The first kappa shape index (κ1) is 12.1. The number of likely N-dealkylation sites (tertiary alicyclic amines) is 1. The maximum absolute atomic E-state index is 11.6.